The van der Waals surface area contributed by atoms with Gasteiger partial charge in [-0.15, -0.1) is 0 Å². The fourth-order valence-electron chi connectivity index (χ4n) is 3.15. The van der Waals surface area contributed by atoms with Gasteiger partial charge in [-0.25, -0.2) is 0 Å². The summed E-state index contributed by atoms with van der Waals surface area (Å²) in [4.78, 5) is 2.44. The summed E-state index contributed by atoms with van der Waals surface area (Å²) in [5.74, 6) is 1.77. The highest BCUT2D eigenvalue weighted by Crippen LogP contribution is 2.32. The molecule has 0 bridgehead atoms. The van der Waals surface area contributed by atoms with Crippen molar-refractivity contribution in [1.82, 2.24) is 15.1 Å². The van der Waals surface area contributed by atoms with Gasteiger partial charge in [0.25, 0.3) is 0 Å². The Bertz CT molecular complexity index is 385. The van der Waals surface area contributed by atoms with E-state index in [4.69, 9.17) is 0 Å². The van der Waals surface area contributed by atoms with Crippen molar-refractivity contribution in [1.29, 1.82) is 0 Å². The molecule has 3 heterocycles. The van der Waals surface area contributed by atoms with E-state index in [1.807, 2.05) is 0 Å². The summed E-state index contributed by atoms with van der Waals surface area (Å²) >= 11 is 0. The van der Waals surface area contributed by atoms with Crippen LogP contribution < -0.4 is 5.32 Å². The van der Waals surface area contributed by atoms with E-state index in [2.05, 4.69) is 27.5 Å². The summed E-state index contributed by atoms with van der Waals surface area (Å²) in [6.07, 6.45) is 6.35. The summed E-state index contributed by atoms with van der Waals surface area (Å²) in [6, 6.07) is 0. The minimum atomic E-state index is 0.657. The van der Waals surface area contributed by atoms with Gasteiger partial charge >= 0.3 is 0 Å². The van der Waals surface area contributed by atoms with Crippen LogP contribution in [0, 0.1) is 0 Å². The van der Waals surface area contributed by atoms with Crippen molar-refractivity contribution < 1.29 is 0 Å². The van der Waals surface area contributed by atoms with Crippen molar-refractivity contribution in [3.63, 3.8) is 0 Å². The topological polar surface area (TPSA) is 44.0 Å². The first-order valence-electron chi connectivity index (χ1n) is 6.84. The summed E-state index contributed by atoms with van der Waals surface area (Å²) < 4.78 is 0. The molecule has 2 aliphatic heterocycles. The molecule has 94 valence electrons. The van der Waals surface area contributed by atoms with Gasteiger partial charge in [0.2, 0.25) is 0 Å². The molecule has 17 heavy (non-hydrogen) atoms. The number of nitrogens with zero attached hydrogens (tertiary/aromatic N) is 2. The Kier molecular flexibility index (Phi) is 3.05. The van der Waals surface area contributed by atoms with Crippen molar-refractivity contribution >= 4 is 5.82 Å². The number of rotatable bonds is 1. The van der Waals surface area contributed by atoms with Gasteiger partial charge in [0, 0.05) is 30.3 Å². The van der Waals surface area contributed by atoms with Gasteiger partial charge in [-0.1, -0.05) is 0 Å². The van der Waals surface area contributed by atoms with E-state index in [9.17, 15) is 0 Å². The molecule has 0 amide bonds. The van der Waals surface area contributed by atoms with Crippen LogP contribution >= 0.6 is 0 Å². The lowest BCUT2D eigenvalue weighted by Crippen LogP contribution is -2.31. The molecule has 1 aromatic heterocycles. The van der Waals surface area contributed by atoms with Crippen LogP contribution in [0.25, 0.3) is 0 Å². The predicted molar refractivity (Wildman–Crippen MR) is 69.5 cm³/mol. The predicted octanol–water partition coefficient (Wildman–Crippen LogP) is 1.97. The zero-order valence-corrected chi connectivity index (χ0v) is 10.6. The largest absolute Gasteiger partial charge is 0.368 e. The minimum absolute atomic E-state index is 0.657. The number of nitrogens with one attached hydrogen (secondary N) is 2. The lowest BCUT2D eigenvalue weighted by atomic mass is 9.91. The van der Waals surface area contributed by atoms with Crippen LogP contribution in [0.15, 0.2) is 0 Å². The van der Waals surface area contributed by atoms with Gasteiger partial charge in [-0.05, 0) is 45.7 Å². The van der Waals surface area contributed by atoms with Gasteiger partial charge < -0.3 is 10.2 Å². The number of likely N-dealkylation sites (tertiary alicyclic amines) is 1. The van der Waals surface area contributed by atoms with Crippen LogP contribution in [0.2, 0.25) is 0 Å². The molecule has 0 saturated carbocycles. The van der Waals surface area contributed by atoms with E-state index in [0.717, 1.165) is 12.4 Å². The summed E-state index contributed by atoms with van der Waals surface area (Å²) in [5.41, 5.74) is 2.86. The first-order chi connectivity index (χ1) is 8.34. The molecule has 2 aliphatic rings. The molecule has 1 saturated heterocycles. The number of piperidine rings is 1. The quantitative estimate of drug-likeness (QED) is 0.781. The summed E-state index contributed by atoms with van der Waals surface area (Å²) in [6.45, 7) is 3.49. The lowest BCUT2D eigenvalue weighted by Gasteiger charge is -2.29. The molecule has 1 aromatic rings. The van der Waals surface area contributed by atoms with Gasteiger partial charge in [-0.3, -0.25) is 5.10 Å². The minimum Gasteiger partial charge on any atom is -0.368 e. The monoisotopic (exact) mass is 234 g/mol. The molecular formula is C13H22N4. The smallest absolute Gasteiger partial charge is 0.151 e. The fourth-order valence-corrected chi connectivity index (χ4v) is 3.15. The third-order valence-electron chi connectivity index (χ3n) is 4.08. The van der Waals surface area contributed by atoms with Crippen molar-refractivity contribution in [2.45, 2.75) is 38.0 Å². The van der Waals surface area contributed by atoms with Crippen molar-refractivity contribution in [2.75, 3.05) is 32.0 Å². The van der Waals surface area contributed by atoms with Gasteiger partial charge in [-0.2, -0.15) is 5.10 Å². The van der Waals surface area contributed by atoms with E-state index >= 15 is 0 Å². The standard InChI is InChI=1S/C13H22N4/c1-17-8-4-5-10(9-17)12-11-6-2-3-7-14-13(11)16-15-12/h10H,2-9H2,1H3,(H2,14,15,16). The molecule has 0 radical (unpaired) electrons. The second-order valence-corrected chi connectivity index (χ2v) is 5.45. The first-order valence-corrected chi connectivity index (χ1v) is 6.84. The second kappa shape index (κ2) is 4.69. The number of anilines is 1. The zero-order valence-electron chi connectivity index (χ0n) is 10.6. The molecule has 3 rings (SSSR count). The van der Waals surface area contributed by atoms with E-state index in [0.29, 0.717) is 5.92 Å². The van der Waals surface area contributed by atoms with Crippen molar-refractivity contribution in [3.8, 4) is 0 Å². The maximum atomic E-state index is 4.46. The first kappa shape index (κ1) is 11.1. The number of H-pyrrole nitrogens is 1. The van der Waals surface area contributed by atoms with E-state index in [1.54, 1.807) is 0 Å². The highest BCUT2D eigenvalue weighted by atomic mass is 15.2. The highest BCUT2D eigenvalue weighted by molar-refractivity contribution is 5.48. The molecule has 0 aromatic carbocycles. The molecule has 1 fully saturated rings. The Morgan fingerprint density at radius 1 is 1.29 bits per heavy atom. The maximum Gasteiger partial charge on any atom is 0.151 e. The molecule has 0 aliphatic carbocycles. The average Bonchev–Trinajstić information content (AvgIpc) is 2.59. The molecule has 1 unspecified atom stereocenters. The molecular weight excluding hydrogens is 212 g/mol. The van der Waals surface area contributed by atoms with E-state index in [1.165, 1.54) is 56.5 Å². The number of aromatic nitrogens is 2. The van der Waals surface area contributed by atoms with Crippen LogP contribution in [-0.4, -0.2) is 41.8 Å². The Balaban J connectivity index is 1.84. The maximum absolute atomic E-state index is 4.46. The highest BCUT2D eigenvalue weighted by Gasteiger charge is 2.25. The third kappa shape index (κ3) is 2.18. The van der Waals surface area contributed by atoms with Crippen LogP contribution in [0.3, 0.4) is 0 Å². The Hall–Kier alpha value is -1.03. The zero-order chi connectivity index (χ0) is 11.7. The van der Waals surface area contributed by atoms with Crippen molar-refractivity contribution in [2.24, 2.45) is 0 Å². The normalized spacial score (nSPS) is 26.1. The summed E-state index contributed by atoms with van der Waals surface area (Å²) in [5, 5.41) is 11.2. The second-order valence-electron chi connectivity index (χ2n) is 5.45. The number of fused-ring (bicyclic) bond motifs is 1. The fraction of sp³-hybridized carbons (Fsp3) is 0.769. The summed E-state index contributed by atoms with van der Waals surface area (Å²) in [7, 11) is 2.22. The van der Waals surface area contributed by atoms with E-state index < -0.39 is 0 Å². The van der Waals surface area contributed by atoms with Crippen LogP contribution in [0.4, 0.5) is 5.82 Å². The van der Waals surface area contributed by atoms with Gasteiger partial charge in [0.15, 0.2) is 5.82 Å². The molecule has 0 spiro atoms. The number of aromatic amines is 1. The van der Waals surface area contributed by atoms with Crippen molar-refractivity contribution in [3.05, 3.63) is 11.3 Å². The van der Waals surface area contributed by atoms with Crippen LogP contribution in [0.1, 0.15) is 42.9 Å². The number of hydrogen-bond acceptors (Lipinski definition) is 3. The molecule has 4 nitrogen and oxygen atoms in total. The van der Waals surface area contributed by atoms with Gasteiger partial charge in [0.1, 0.15) is 0 Å². The molecule has 1 atom stereocenters. The SMILES string of the molecule is CN1CCCC(c2[nH]nc3c2CCCCN3)C1. The molecule has 2 N–H and O–H groups in total. The Morgan fingerprint density at radius 2 is 2.24 bits per heavy atom. The van der Waals surface area contributed by atoms with Crippen LogP contribution in [0.5, 0.6) is 0 Å². The number of likely N-dealkylation sites (N-methyl/N-ethyl adjacent to an activating group) is 1. The Labute approximate surface area is 103 Å². The lowest BCUT2D eigenvalue weighted by molar-refractivity contribution is 0.248. The Morgan fingerprint density at radius 3 is 3.12 bits per heavy atom. The van der Waals surface area contributed by atoms with Crippen LogP contribution in [-0.2, 0) is 6.42 Å². The molecule has 4 heteroatoms. The van der Waals surface area contributed by atoms with Gasteiger partial charge in [0.05, 0.1) is 0 Å². The average molecular weight is 234 g/mol. The van der Waals surface area contributed by atoms with E-state index in [-0.39, 0.29) is 0 Å². The number of hydrogen-bond donors (Lipinski definition) is 2. The third-order valence-corrected chi connectivity index (χ3v) is 4.08.